The smallest absolute Gasteiger partial charge is 0.339 e. The Kier molecular flexibility index (Phi) is 5.82. The molecule has 98 valence electrons. The Bertz CT molecular complexity index is 443. The van der Waals surface area contributed by atoms with Crippen LogP contribution in [0.5, 0.6) is 0 Å². The minimum Gasteiger partial charge on any atom is -0.462 e. The lowest BCUT2D eigenvalue weighted by molar-refractivity contribution is 0.0519. The molecule has 0 aliphatic heterocycles. The maximum absolute atomic E-state index is 11.9. The topological polar surface area (TPSA) is 63.6 Å². The molecule has 0 fully saturated rings. The molecular formula is C13H15ClO4. The van der Waals surface area contributed by atoms with Crippen LogP contribution in [-0.2, 0) is 11.3 Å². The van der Waals surface area contributed by atoms with Crippen molar-refractivity contribution in [3.63, 3.8) is 0 Å². The second kappa shape index (κ2) is 7.13. The summed E-state index contributed by atoms with van der Waals surface area (Å²) in [6.45, 7) is 1.57. The van der Waals surface area contributed by atoms with Crippen molar-refractivity contribution < 1.29 is 19.4 Å². The largest absolute Gasteiger partial charge is 0.462 e. The molecule has 0 radical (unpaired) electrons. The fourth-order valence-electron chi connectivity index (χ4n) is 1.63. The number of benzene rings is 1. The maximum atomic E-state index is 11.9. The average Bonchev–Trinajstić information content (AvgIpc) is 2.38. The van der Waals surface area contributed by atoms with E-state index < -0.39 is 5.97 Å². The van der Waals surface area contributed by atoms with E-state index in [1.807, 2.05) is 0 Å². The van der Waals surface area contributed by atoms with Crippen molar-refractivity contribution in [2.45, 2.75) is 20.0 Å². The third kappa shape index (κ3) is 3.31. The molecule has 0 saturated carbocycles. The van der Waals surface area contributed by atoms with Crippen LogP contribution in [0.1, 0.15) is 39.6 Å². The van der Waals surface area contributed by atoms with Gasteiger partial charge in [-0.1, -0.05) is 18.2 Å². The Morgan fingerprint density at radius 2 is 2.11 bits per heavy atom. The highest BCUT2D eigenvalue weighted by molar-refractivity contribution is 6.20. The van der Waals surface area contributed by atoms with Gasteiger partial charge in [0.1, 0.15) is 0 Å². The number of aliphatic hydroxyl groups excluding tert-OH is 1. The van der Waals surface area contributed by atoms with Gasteiger partial charge >= 0.3 is 5.97 Å². The number of ketones is 1. The summed E-state index contributed by atoms with van der Waals surface area (Å²) in [4.78, 5) is 23.7. The number of esters is 1. The number of alkyl halides is 1. The summed E-state index contributed by atoms with van der Waals surface area (Å²) in [5.41, 5.74) is 0.770. The Hall–Kier alpha value is -1.39. The van der Waals surface area contributed by atoms with Crippen molar-refractivity contribution in [2.24, 2.45) is 0 Å². The second-order valence-corrected chi connectivity index (χ2v) is 3.96. The highest BCUT2D eigenvalue weighted by Crippen LogP contribution is 2.18. The summed E-state index contributed by atoms with van der Waals surface area (Å²) in [7, 11) is 0. The molecule has 18 heavy (non-hydrogen) atoms. The normalized spacial score (nSPS) is 10.2. The van der Waals surface area contributed by atoms with Crippen molar-refractivity contribution in [3.05, 3.63) is 34.9 Å². The molecule has 0 amide bonds. The predicted octanol–water partition coefficient (Wildman–Crippen LogP) is 2.17. The number of ether oxygens (including phenoxy) is 1. The molecule has 0 aromatic heterocycles. The number of halogens is 1. The second-order valence-electron chi connectivity index (χ2n) is 3.58. The molecule has 0 heterocycles. The molecule has 1 N–H and O–H groups in total. The lowest BCUT2D eigenvalue weighted by Crippen LogP contribution is -2.15. The molecule has 1 aromatic rings. The number of carbonyl (C=O) groups is 2. The average molecular weight is 271 g/mol. The van der Waals surface area contributed by atoms with E-state index in [0.29, 0.717) is 5.56 Å². The molecule has 0 aliphatic rings. The van der Waals surface area contributed by atoms with Gasteiger partial charge in [0, 0.05) is 17.9 Å². The molecule has 0 aliphatic carbocycles. The van der Waals surface area contributed by atoms with Crippen molar-refractivity contribution >= 4 is 23.4 Å². The lowest BCUT2D eigenvalue weighted by atomic mass is 9.97. The Labute approximate surface area is 111 Å². The molecule has 0 unspecified atom stereocenters. The Morgan fingerprint density at radius 1 is 1.39 bits per heavy atom. The zero-order valence-corrected chi connectivity index (χ0v) is 10.9. The van der Waals surface area contributed by atoms with Crippen LogP contribution in [0, 0.1) is 0 Å². The summed E-state index contributed by atoms with van der Waals surface area (Å²) in [5, 5.41) is 9.23. The van der Waals surface area contributed by atoms with Gasteiger partial charge in [0.2, 0.25) is 0 Å². The summed E-state index contributed by atoms with van der Waals surface area (Å²) >= 11 is 5.53. The Morgan fingerprint density at radius 3 is 2.67 bits per heavy atom. The number of carbonyl (C=O) groups excluding carboxylic acids is 2. The number of hydrogen-bond donors (Lipinski definition) is 1. The summed E-state index contributed by atoms with van der Waals surface area (Å²) in [5.74, 6) is -0.645. The molecule has 0 saturated heterocycles. The minimum absolute atomic E-state index is 0.136. The Balaban J connectivity index is 3.24. The zero-order chi connectivity index (χ0) is 13.5. The molecule has 4 nitrogen and oxygen atoms in total. The number of rotatable bonds is 6. The monoisotopic (exact) mass is 270 g/mol. The van der Waals surface area contributed by atoms with Crippen LogP contribution in [0.2, 0.25) is 0 Å². The summed E-state index contributed by atoms with van der Waals surface area (Å²) in [6.07, 6.45) is 0.142. The molecule has 0 spiro atoms. The van der Waals surface area contributed by atoms with E-state index in [4.69, 9.17) is 16.3 Å². The molecule has 0 atom stereocenters. The van der Waals surface area contributed by atoms with Crippen molar-refractivity contribution in [2.75, 3.05) is 12.5 Å². The van der Waals surface area contributed by atoms with Gasteiger partial charge in [-0.05, 0) is 12.5 Å². The van der Waals surface area contributed by atoms with Gasteiger partial charge in [0.15, 0.2) is 5.78 Å². The van der Waals surface area contributed by atoms with Crippen LogP contribution < -0.4 is 0 Å². The standard InChI is InChI=1S/C13H15ClO4/c1-2-18-13(17)12-9(8-15)4-3-5-10(12)11(16)6-7-14/h3-5,15H,2,6-8H2,1H3. The molecule has 0 bridgehead atoms. The fraction of sp³-hybridized carbons (Fsp3) is 0.385. The van der Waals surface area contributed by atoms with E-state index in [1.54, 1.807) is 25.1 Å². The van der Waals surface area contributed by atoms with Gasteiger partial charge in [-0.15, -0.1) is 11.6 Å². The zero-order valence-electron chi connectivity index (χ0n) is 10.1. The van der Waals surface area contributed by atoms with E-state index in [2.05, 4.69) is 0 Å². The SMILES string of the molecule is CCOC(=O)c1c(CO)cccc1C(=O)CCCl. The first kappa shape index (κ1) is 14.7. The van der Waals surface area contributed by atoms with Crippen LogP contribution >= 0.6 is 11.6 Å². The van der Waals surface area contributed by atoms with Gasteiger partial charge < -0.3 is 9.84 Å². The number of hydrogen-bond acceptors (Lipinski definition) is 4. The van der Waals surface area contributed by atoms with Gasteiger partial charge in [-0.25, -0.2) is 4.79 Å². The van der Waals surface area contributed by atoms with Crippen LogP contribution in [0.15, 0.2) is 18.2 Å². The van der Waals surface area contributed by atoms with E-state index >= 15 is 0 Å². The number of aliphatic hydroxyl groups is 1. The summed E-state index contributed by atoms with van der Waals surface area (Å²) in [6, 6.07) is 4.75. The van der Waals surface area contributed by atoms with E-state index in [-0.39, 0.29) is 42.4 Å². The third-order valence-corrected chi connectivity index (χ3v) is 2.61. The first-order chi connectivity index (χ1) is 8.65. The van der Waals surface area contributed by atoms with E-state index in [0.717, 1.165) is 0 Å². The first-order valence-corrected chi connectivity index (χ1v) is 6.18. The third-order valence-electron chi connectivity index (χ3n) is 2.42. The van der Waals surface area contributed by atoms with Crippen LogP contribution in [0.3, 0.4) is 0 Å². The van der Waals surface area contributed by atoms with E-state index in [1.165, 1.54) is 0 Å². The van der Waals surface area contributed by atoms with Crippen molar-refractivity contribution in [3.8, 4) is 0 Å². The molecule has 1 rings (SSSR count). The predicted molar refractivity (Wildman–Crippen MR) is 68.0 cm³/mol. The van der Waals surface area contributed by atoms with Crippen molar-refractivity contribution in [1.82, 2.24) is 0 Å². The lowest BCUT2D eigenvalue weighted by Gasteiger charge is -2.11. The van der Waals surface area contributed by atoms with Gasteiger partial charge in [0.05, 0.1) is 18.8 Å². The highest BCUT2D eigenvalue weighted by atomic mass is 35.5. The van der Waals surface area contributed by atoms with Gasteiger partial charge in [0.25, 0.3) is 0 Å². The van der Waals surface area contributed by atoms with Crippen molar-refractivity contribution in [1.29, 1.82) is 0 Å². The molecule has 1 aromatic carbocycles. The molecular weight excluding hydrogens is 256 g/mol. The maximum Gasteiger partial charge on any atom is 0.339 e. The first-order valence-electron chi connectivity index (χ1n) is 5.64. The van der Waals surface area contributed by atoms with Crippen LogP contribution in [0.25, 0.3) is 0 Å². The van der Waals surface area contributed by atoms with Gasteiger partial charge in [-0.2, -0.15) is 0 Å². The summed E-state index contributed by atoms with van der Waals surface area (Å²) < 4.78 is 4.90. The van der Waals surface area contributed by atoms with E-state index in [9.17, 15) is 14.7 Å². The quantitative estimate of drug-likeness (QED) is 0.489. The molecule has 5 heteroatoms. The number of Topliss-reactive ketones (excluding diaryl/α,β-unsaturated/α-hetero) is 1. The highest BCUT2D eigenvalue weighted by Gasteiger charge is 2.20. The minimum atomic E-state index is -0.597. The van der Waals surface area contributed by atoms with Crippen LogP contribution in [-0.4, -0.2) is 29.3 Å². The van der Waals surface area contributed by atoms with Gasteiger partial charge in [-0.3, -0.25) is 4.79 Å². The fourth-order valence-corrected chi connectivity index (χ4v) is 1.80. The van der Waals surface area contributed by atoms with Crippen LogP contribution in [0.4, 0.5) is 0 Å².